The molecule has 1 aromatic carbocycles. The van der Waals surface area contributed by atoms with Crippen molar-refractivity contribution >= 4 is 5.97 Å². The Labute approximate surface area is 102 Å². The zero-order valence-corrected chi connectivity index (χ0v) is 9.97. The smallest absolute Gasteiger partial charge is 0.327 e. The van der Waals surface area contributed by atoms with E-state index < -0.39 is 6.04 Å². The fraction of sp³-hybridized carbons (Fsp3) is 0.500. The molecule has 3 heteroatoms. The van der Waals surface area contributed by atoms with Crippen molar-refractivity contribution < 1.29 is 9.53 Å². The summed E-state index contributed by atoms with van der Waals surface area (Å²) in [6, 6.07) is 8.71. The topological polar surface area (TPSA) is 52.3 Å². The second-order valence-corrected chi connectivity index (χ2v) is 4.59. The molecule has 0 bridgehead atoms. The molecular weight excluding hydrogens is 214 g/mol. The lowest BCUT2D eigenvalue weighted by Gasteiger charge is -2.23. The molecule has 1 atom stereocenters. The summed E-state index contributed by atoms with van der Waals surface area (Å²) >= 11 is 0. The number of hydrogen-bond donors (Lipinski definition) is 1. The highest BCUT2D eigenvalue weighted by molar-refractivity contribution is 5.77. The van der Waals surface area contributed by atoms with Crippen LogP contribution in [0, 0.1) is 0 Å². The van der Waals surface area contributed by atoms with Gasteiger partial charge in [0, 0.05) is 0 Å². The van der Waals surface area contributed by atoms with Gasteiger partial charge in [-0.2, -0.15) is 0 Å². The van der Waals surface area contributed by atoms with E-state index in [1.165, 1.54) is 6.42 Å². The van der Waals surface area contributed by atoms with E-state index in [9.17, 15) is 4.79 Å². The van der Waals surface area contributed by atoms with Gasteiger partial charge in [-0.3, -0.25) is 0 Å². The van der Waals surface area contributed by atoms with Gasteiger partial charge in [0.2, 0.25) is 0 Å². The van der Waals surface area contributed by atoms with E-state index in [0.717, 1.165) is 31.2 Å². The van der Waals surface area contributed by atoms with Crippen LogP contribution < -0.4 is 5.73 Å². The minimum Gasteiger partial charge on any atom is -0.461 e. The third-order valence-electron chi connectivity index (χ3n) is 3.25. The molecule has 1 aliphatic carbocycles. The summed E-state index contributed by atoms with van der Waals surface area (Å²) in [5.74, 6) is -0.303. The fourth-order valence-corrected chi connectivity index (χ4v) is 2.22. The monoisotopic (exact) mass is 233 g/mol. The molecule has 0 spiro atoms. The number of carbonyl (C=O) groups excluding carboxylic acids is 1. The third kappa shape index (κ3) is 3.30. The van der Waals surface area contributed by atoms with E-state index in [2.05, 4.69) is 0 Å². The highest BCUT2D eigenvalue weighted by atomic mass is 16.5. The van der Waals surface area contributed by atoms with Crippen LogP contribution in [-0.2, 0) is 9.53 Å². The predicted molar refractivity (Wildman–Crippen MR) is 66.3 cm³/mol. The SMILES string of the molecule is N[C@H](C(=O)OC1CCCCC1)c1ccccc1. The first-order valence-electron chi connectivity index (χ1n) is 6.28. The summed E-state index contributed by atoms with van der Waals surface area (Å²) in [5.41, 5.74) is 6.69. The Hall–Kier alpha value is -1.35. The van der Waals surface area contributed by atoms with Crippen molar-refractivity contribution in [3.63, 3.8) is 0 Å². The lowest BCUT2D eigenvalue weighted by molar-refractivity contribution is -0.152. The van der Waals surface area contributed by atoms with E-state index in [1.54, 1.807) is 0 Å². The van der Waals surface area contributed by atoms with Crippen LogP contribution in [0.4, 0.5) is 0 Å². The molecule has 2 rings (SSSR count). The molecule has 0 amide bonds. The number of rotatable bonds is 3. The molecule has 0 aromatic heterocycles. The summed E-state index contributed by atoms with van der Waals surface area (Å²) in [4.78, 5) is 11.9. The Morgan fingerprint density at radius 3 is 2.47 bits per heavy atom. The molecule has 0 heterocycles. The van der Waals surface area contributed by atoms with E-state index in [4.69, 9.17) is 10.5 Å². The van der Waals surface area contributed by atoms with Gasteiger partial charge >= 0.3 is 5.97 Å². The van der Waals surface area contributed by atoms with E-state index in [-0.39, 0.29) is 12.1 Å². The van der Waals surface area contributed by atoms with Crippen LogP contribution >= 0.6 is 0 Å². The fourth-order valence-electron chi connectivity index (χ4n) is 2.22. The first-order valence-corrected chi connectivity index (χ1v) is 6.28. The average Bonchev–Trinajstić information content (AvgIpc) is 2.40. The van der Waals surface area contributed by atoms with Crippen LogP contribution in [0.3, 0.4) is 0 Å². The number of hydrogen-bond acceptors (Lipinski definition) is 3. The quantitative estimate of drug-likeness (QED) is 0.816. The standard InChI is InChI=1S/C14H19NO2/c15-13(11-7-3-1-4-8-11)14(16)17-12-9-5-2-6-10-12/h1,3-4,7-8,12-13H,2,5-6,9-10,15H2/t13-/m0/s1. The van der Waals surface area contributed by atoms with Crippen molar-refractivity contribution in [3.8, 4) is 0 Å². The van der Waals surface area contributed by atoms with Gasteiger partial charge in [0.25, 0.3) is 0 Å². The van der Waals surface area contributed by atoms with Crippen LogP contribution in [-0.4, -0.2) is 12.1 Å². The molecule has 92 valence electrons. The highest BCUT2D eigenvalue weighted by Crippen LogP contribution is 2.22. The summed E-state index contributed by atoms with van der Waals surface area (Å²) in [7, 11) is 0. The molecular formula is C14H19NO2. The van der Waals surface area contributed by atoms with Crippen LogP contribution in [0.5, 0.6) is 0 Å². The number of nitrogens with two attached hydrogens (primary N) is 1. The van der Waals surface area contributed by atoms with Crippen molar-refractivity contribution in [1.82, 2.24) is 0 Å². The van der Waals surface area contributed by atoms with Gasteiger partial charge in [-0.05, 0) is 31.2 Å². The first kappa shape index (κ1) is 12.1. The molecule has 3 nitrogen and oxygen atoms in total. The molecule has 1 saturated carbocycles. The van der Waals surface area contributed by atoms with Gasteiger partial charge in [-0.25, -0.2) is 4.79 Å². The second kappa shape index (κ2) is 5.82. The van der Waals surface area contributed by atoms with Crippen LogP contribution in [0.25, 0.3) is 0 Å². The third-order valence-corrected chi connectivity index (χ3v) is 3.25. The highest BCUT2D eigenvalue weighted by Gasteiger charge is 2.22. The van der Waals surface area contributed by atoms with Gasteiger partial charge in [0.1, 0.15) is 12.1 Å². The maximum atomic E-state index is 11.9. The summed E-state index contributed by atoms with van der Waals surface area (Å²) in [6.45, 7) is 0. The molecule has 1 fully saturated rings. The molecule has 0 unspecified atom stereocenters. The number of esters is 1. The Balaban J connectivity index is 1.91. The van der Waals surface area contributed by atoms with Gasteiger partial charge in [0.15, 0.2) is 0 Å². The van der Waals surface area contributed by atoms with E-state index in [1.807, 2.05) is 30.3 Å². The Morgan fingerprint density at radius 1 is 1.18 bits per heavy atom. The molecule has 2 N–H and O–H groups in total. The Morgan fingerprint density at radius 2 is 1.82 bits per heavy atom. The maximum absolute atomic E-state index is 11.9. The summed E-state index contributed by atoms with van der Waals surface area (Å²) in [6.07, 6.45) is 5.59. The van der Waals surface area contributed by atoms with E-state index in [0.29, 0.717) is 0 Å². The van der Waals surface area contributed by atoms with Crippen molar-refractivity contribution in [2.75, 3.05) is 0 Å². The van der Waals surface area contributed by atoms with E-state index >= 15 is 0 Å². The normalized spacial score (nSPS) is 18.6. The minimum absolute atomic E-state index is 0.0750. The molecule has 1 aromatic rings. The lowest BCUT2D eigenvalue weighted by atomic mass is 9.97. The predicted octanol–water partition coefficient (Wildman–Crippen LogP) is 2.56. The number of ether oxygens (including phenoxy) is 1. The van der Waals surface area contributed by atoms with Crippen molar-refractivity contribution in [3.05, 3.63) is 35.9 Å². The second-order valence-electron chi connectivity index (χ2n) is 4.59. The number of benzene rings is 1. The summed E-state index contributed by atoms with van der Waals surface area (Å²) < 4.78 is 5.44. The van der Waals surface area contributed by atoms with Crippen molar-refractivity contribution in [2.45, 2.75) is 44.2 Å². The van der Waals surface area contributed by atoms with Gasteiger partial charge < -0.3 is 10.5 Å². The Bertz CT molecular complexity index is 358. The minimum atomic E-state index is -0.655. The molecule has 0 radical (unpaired) electrons. The molecule has 0 aliphatic heterocycles. The molecule has 1 aliphatic rings. The van der Waals surface area contributed by atoms with Gasteiger partial charge in [0.05, 0.1) is 0 Å². The summed E-state index contributed by atoms with van der Waals surface area (Å²) in [5, 5.41) is 0. The van der Waals surface area contributed by atoms with Crippen LogP contribution in [0.1, 0.15) is 43.7 Å². The van der Waals surface area contributed by atoms with Crippen molar-refractivity contribution in [2.24, 2.45) is 5.73 Å². The zero-order chi connectivity index (χ0) is 12.1. The number of carbonyl (C=O) groups is 1. The largest absolute Gasteiger partial charge is 0.461 e. The average molecular weight is 233 g/mol. The zero-order valence-electron chi connectivity index (χ0n) is 9.97. The lowest BCUT2D eigenvalue weighted by Crippen LogP contribution is -2.29. The van der Waals surface area contributed by atoms with Crippen LogP contribution in [0.15, 0.2) is 30.3 Å². The first-order chi connectivity index (χ1) is 8.27. The van der Waals surface area contributed by atoms with Gasteiger partial charge in [-0.1, -0.05) is 36.8 Å². The molecule has 17 heavy (non-hydrogen) atoms. The maximum Gasteiger partial charge on any atom is 0.327 e. The van der Waals surface area contributed by atoms with Crippen molar-refractivity contribution in [1.29, 1.82) is 0 Å². The molecule has 0 saturated heterocycles. The van der Waals surface area contributed by atoms with Gasteiger partial charge in [-0.15, -0.1) is 0 Å². The van der Waals surface area contributed by atoms with Crippen LogP contribution in [0.2, 0.25) is 0 Å². The Kier molecular flexibility index (Phi) is 4.15.